The second kappa shape index (κ2) is 14.1. The summed E-state index contributed by atoms with van der Waals surface area (Å²) in [6.45, 7) is 12.1. The molecule has 0 saturated carbocycles. The predicted octanol–water partition coefficient (Wildman–Crippen LogP) is 7.87. The van der Waals surface area contributed by atoms with E-state index in [4.69, 9.17) is 4.74 Å². The minimum atomic E-state index is -0.337. The first-order valence-electron chi connectivity index (χ1n) is 12.0. The van der Waals surface area contributed by atoms with Crippen LogP contribution in [0.3, 0.4) is 0 Å². The van der Waals surface area contributed by atoms with Crippen molar-refractivity contribution in [2.24, 2.45) is 10.8 Å². The molecule has 0 aliphatic rings. The van der Waals surface area contributed by atoms with Crippen LogP contribution >= 0.6 is 0 Å². The van der Waals surface area contributed by atoms with E-state index in [-0.39, 0.29) is 42.5 Å². The minimum Gasteiger partial charge on any atom is -0.512 e. The fourth-order valence-electron chi connectivity index (χ4n) is 3.28. The fourth-order valence-corrected chi connectivity index (χ4v) is 3.28. The Labute approximate surface area is 223 Å². The van der Waals surface area contributed by atoms with Crippen LogP contribution in [0.1, 0.15) is 67.2 Å². The molecule has 0 fully saturated rings. The molecule has 1 radical (unpaired) electrons. The molecule has 0 unspecified atom stereocenters. The minimum absolute atomic E-state index is 0. The Morgan fingerprint density at radius 2 is 1.57 bits per heavy atom. The van der Waals surface area contributed by atoms with Gasteiger partial charge in [-0.15, -0.1) is 6.07 Å². The molecule has 0 saturated heterocycles. The summed E-state index contributed by atoms with van der Waals surface area (Å²) in [7, 11) is 0. The number of ether oxygens (including phenoxy) is 1. The van der Waals surface area contributed by atoms with Crippen molar-refractivity contribution in [3.05, 3.63) is 72.9 Å². The first-order chi connectivity index (χ1) is 16.2. The van der Waals surface area contributed by atoms with Crippen LogP contribution in [0.25, 0.3) is 10.8 Å². The number of carbonyl (C=O) groups excluding carboxylic acids is 1. The van der Waals surface area contributed by atoms with Crippen LogP contribution in [0, 0.1) is 17.0 Å². The van der Waals surface area contributed by atoms with Crippen LogP contribution in [0.15, 0.2) is 66.7 Å². The van der Waals surface area contributed by atoms with Gasteiger partial charge in [-0.1, -0.05) is 72.0 Å². The third-order valence-corrected chi connectivity index (χ3v) is 7.01. The second-order valence-corrected chi connectivity index (χ2v) is 9.01. The first kappa shape index (κ1) is 30.5. The number of aromatic nitrogens is 2. The van der Waals surface area contributed by atoms with Crippen molar-refractivity contribution in [3.8, 4) is 11.6 Å². The Kier molecular flexibility index (Phi) is 12.3. The van der Waals surface area contributed by atoms with Gasteiger partial charge < -0.3 is 14.8 Å². The van der Waals surface area contributed by atoms with E-state index < -0.39 is 0 Å². The molecular weight excluding hydrogens is 617 g/mol. The Balaban J connectivity index is 0.000000340. The average Bonchev–Trinajstić information content (AvgIpc) is 2.88. The molecule has 0 spiro atoms. The number of pyridine rings is 2. The molecule has 1 aromatic carbocycles. The summed E-state index contributed by atoms with van der Waals surface area (Å²) in [6.07, 6.45) is 11.0. The number of benzene rings is 1. The number of hydrogen-bond acceptors (Lipinski definition) is 5. The van der Waals surface area contributed by atoms with Gasteiger partial charge in [0, 0.05) is 60.4 Å². The predicted molar refractivity (Wildman–Crippen MR) is 138 cm³/mol. The van der Waals surface area contributed by atoms with Gasteiger partial charge in [0.25, 0.3) is 0 Å². The molecule has 0 aliphatic carbocycles. The van der Waals surface area contributed by atoms with Gasteiger partial charge in [-0.25, -0.2) is 4.98 Å². The number of ketones is 1. The monoisotopic (exact) mass is 654 g/mol. The number of nitrogens with zero attached hydrogens (tertiary/aromatic N) is 2. The van der Waals surface area contributed by atoms with Gasteiger partial charge in [-0.2, -0.15) is 6.07 Å². The maximum Gasteiger partial charge on any atom is 0.217 e. The van der Waals surface area contributed by atoms with E-state index in [2.05, 4.69) is 16.2 Å². The standard InChI is InChI=1S/C15H28O2.C14H9N2O.Ir/c1-7-14(5,8-2)12(16)11-13(17)15(6,9-3)10-4;1-2-5-12-9-16-14(8-11(12)4-1)17-13-6-3-7-15-10-13;/h11,16H,7-10H2,1-6H3;1-9H;/q;-1;/b12-11-;;. The molecule has 2 aromatic heterocycles. The summed E-state index contributed by atoms with van der Waals surface area (Å²) in [6, 6.07) is 13.5. The van der Waals surface area contributed by atoms with E-state index in [0.717, 1.165) is 36.5 Å². The Hall–Kier alpha value is -2.56. The summed E-state index contributed by atoms with van der Waals surface area (Å²) >= 11 is 0. The van der Waals surface area contributed by atoms with Crippen molar-refractivity contribution in [3.63, 3.8) is 0 Å². The molecule has 0 bridgehead atoms. The van der Waals surface area contributed by atoms with Crippen LogP contribution in [0.5, 0.6) is 11.6 Å². The molecule has 0 amide bonds. The summed E-state index contributed by atoms with van der Waals surface area (Å²) in [5, 5.41) is 12.3. The zero-order valence-corrected chi connectivity index (χ0v) is 24.0. The molecule has 0 atom stereocenters. The maximum atomic E-state index is 12.2. The Morgan fingerprint density at radius 3 is 2.11 bits per heavy atom. The molecule has 3 aromatic rings. The third-order valence-electron chi connectivity index (χ3n) is 7.01. The van der Waals surface area contributed by atoms with Crippen molar-refractivity contribution < 1.29 is 34.7 Å². The molecule has 0 aliphatic heterocycles. The fraction of sp³-hybridized carbons (Fsp3) is 0.414. The average molecular weight is 654 g/mol. The van der Waals surface area contributed by atoms with E-state index in [0.29, 0.717) is 11.6 Å². The number of hydrogen-bond donors (Lipinski definition) is 1. The molecule has 191 valence electrons. The number of allylic oxidation sites excluding steroid dienone is 2. The van der Waals surface area contributed by atoms with Crippen molar-refractivity contribution >= 4 is 16.6 Å². The Bertz CT molecular complexity index is 1090. The van der Waals surface area contributed by atoms with Gasteiger partial charge in [-0.3, -0.25) is 4.79 Å². The largest absolute Gasteiger partial charge is 0.512 e. The summed E-state index contributed by atoms with van der Waals surface area (Å²) in [5.74, 6) is 1.40. The van der Waals surface area contributed by atoms with E-state index >= 15 is 0 Å². The van der Waals surface area contributed by atoms with Crippen LogP contribution in [-0.4, -0.2) is 20.9 Å². The van der Waals surface area contributed by atoms with Crippen LogP contribution in [-0.2, 0) is 24.9 Å². The van der Waals surface area contributed by atoms with E-state index in [1.165, 1.54) is 6.08 Å². The summed E-state index contributed by atoms with van der Waals surface area (Å²) in [5.41, 5.74) is -0.603. The smallest absolute Gasteiger partial charge is 0.217 e. The first-order valence-corrected chi connectivity index (χ1v) is 12.0. The van der Waals surface area contributed by atoms with Crippen LogP contribution in [0.4, 0.5) is 0 Å². The molecular formula is C29H37IrN2O3-. The molecule has 1 N–H and O–H groups in total. The number of aliphatic hydroxyl groups excluding tert-OH is 1. The van der Waals surface area contributed by atoms with Gasteiger partial charge in [0.2, 0.25) is 5.88 Å². The molecule has 35 heavy (non-hydrogen) atoms. The molecule has 6 heteroatoms. The van der Waals surface area contributed by atoms with Crippen LogP contribution in [0.2, 0.25) is 0 Å². The zero-order chi connectivity index (χ0) is 25.2. The topological polar surface area (TPSA) is 72.3 Å². The van der Waals surface area contributed by atoms with Gasteiger partial charge in [0.15, 0.2) is 5.78 Å². The van der Waals surface area contributed by atoms with Gasteiger partial charge >= 0.3 is 0 Å². The van der Waals surface area contributed by atoms with Crippen molar-refractivity contribution in [1.29, 1.82) is 0 Å². The molecule has 2 heterocycles. The number of carbonyl (C=O) groups is 1. The van der Waals surface area contributed by atoms with Crippen LogP contribution < -0.4 is 4.74 Å². The SMILES string of the molecule is CCC(C)(CC)C(=O)/C=C(\O)C(C)(CC)CC.[Ir].[c-]1ncccc1Oc1cc2ccccc2cn1. The number of rotatable bonds is 9. The maximum absolute atomic E-state index is 12.2. The van der Waals surface area contributed by atoms with E-state index in [1.807, 2.05) is 71.9 Å². The van der Waals surface area contributed by atoms with Gasteiger partial charge in [-0.05, 0) is 37.3 Å². The van der Waals surface area contributed by atoms with Gasteiger partial charge in [0.05, 0.1) is 0 Å². The molecule has 5 nitrogen and oxygen atoms in total. The zero-order valence-electron chi connectivity index (χ0n) is 21.6. The summed E-state index contributed by atoms with van der Waals surface area (Å²) in [4.78, 5) is 20.3. The second-order valence-electron chi connectivity index (χ2n) is 9.01. The van der Waals surface area contributed by atoms with Crippen molar-refractivity contribution in [2.75, 3.05) is 0 Å². The molecule has 3 rings (SSSR count). The number of aliphatic hydroxyl groups is 1. The van der Waals surface area contributed by atoms with Gasteiger partial charge in [0.1, 0.15) is 5.76 Å². The van der Waals surface area contributed by atoms with E-state index in [1.54, 1.807) is 24.5 Å². The van der Waals surface area contributed by atoms with Crippen molar-refractivity contribution in [2.45, 2.75) is 67.2 Å². The third kappa shape index (κ3) is 8.26. The Morgan fingerprint density at radius 1 is 0.971 bits per heavy atom. The van der Waals surface area contributed by atoms with Crippen molar-refractivity contribution in [1.82, 2.24) is 9.97 Å². The quantitative estimate of drug-likeness (QED) is 0.145. The normalized spacial score (nSPS) is 11.8. The number of fused-ring (bicyclic) bond motifs is 1. The summed E-state index contributed by atoms with van der Waals surface area (Å²) < 4.78 is 5.56. The van der Waals surface area contributed by atoms with E-state index in [9.17, 15) is 9.90 Å².